The third kappa shape index (κ3) is 8.89. The minimum atomic E-state index is -4.55. The van der Waals surface area contributed by atoms with Crippen LogP contribution in [0.2, 0.25) is 0 Å². The Morgan fingerprint density at radius 3 is 2.39 bits per heavy atom. The number of rotatable bonds is 17. The fraction of sp³-hybridized carbons (Fsp3) is 0.467. The van der Waals surface area contributed by atoms with E-state index < -0.39 is 62.2 Å². The summed E-state index contributed by atoms with van der Waals surface area (Å²) >= 11 is 0. The Kier molecular flexibility index (Phi) is 12.6. The summed E-state index contributed by atoms with van der Waals surface area (Å²) in [6, 6.07) is 11.8. The first-order chi connectivity index (χ1) is 23.5. The number of carbonyl (C=O) groups excluding carboxylic acids is 3. The van der Waals surface area contributed by atoms with Gasteiger partial charge in [-0.1, -0.05) is 18.2 Å². The molecule has 0 saturated carbocycles. The SMILES string of the molecule is COCCC(=O)O[C@H]1[C@H](c2ccc3c(N)ncnn23)O[C@](C#N)(CO[P@@](=O)(N[C@@H](C)C(=O)OC)Oc2ccccc2)[C@H]1OC(=O)CCOC. The van der Waals surface area contributed by atoms with Gasteiger partial charge in [-0.2, -0.15) is 15.4 Å². The molecule has 3 aromatic rings. The van der Waals surface area contributed by atoms with Crippen molar-refractivity contribution in [3.05, 3.63) is 54.5 Å². The van der Waals surface area contributed by atoms with E-state index in [4.69, 9.17) is 43.2 Å². The van der Waals surface area contributed by atoms with E-state index in [0.717, 1.165) is 7.11 Å². The van der Waals surface area contributed by atoms with Crippen LogP contribution in [0.3, 0.4) is 0 Å². The molecule has 264 valence electrons. The van der Waals surface area contributed by atoms with E-state index in [9.17, 15) is 24.2 Å². The fourth-order valence-electron chi connectivity index (χ4n) is 4.87. The van der Waals surface area contributed by atoms with Crippen LogP contribution in [0.1, 0.15) is 31.6 Å². The van der Waals surface area contributed by atoms with E-state index in [-0.39, 0.29) is 43.3 Å². The lowest BCUT2D eigenvalue weighted by atomic mass is 9.95. The zero-order valence-electron chi connectivity index (χ0n) is 27.2. The molecule has 1 aromatic carbocycles. The first-order valence-corrected chi connectivity index (χ1v) is 16.4. The van der Waals surface area contributed by atoms with Crippen molar-refractivity contribution >= 4 is 37.0 Å². The highest BCUT2D eigenvalue weighted by molar-refractivity contribution is 7.52. The van der Waals surface area contributed by atoms with Gasteiger partial charge in [-0.3, -0.25) is 18.9 Å². The smallest absolute Gasteiger partial charge is 0.459 e. The molecule has 3 N–H and O–H groups in total. The number of hydrogen-bond donors (Lipinski definition) is 2. The highest BCUT2D eigenvalue weighted by Gasteiger charge is 2.62. The number of hydrogen-bond acceptors (Lipinski definition) is 16. The van der Waals surface area contributed by atoms with Gasteiger partial charge in [-0.25, -0.2) is 14.1 Å². The van der Waals surface area contributed by atoms with Crippen LogP contribution in [0.5, 0.6) is 5.75 Å². The number of aromatic nitrogens is 3. The second-order valence-corrected chi connectivity index (χ2v) is 12.3. The number of carbonyl (C=O) groups is 3. The minimum Gasteiger partial charge on any atom is -0.468 e. The molecular weight excluding hydrogens is 667 g/mol. The average Bonchev–Trinajstić information content (AvgIpc) is 3.65. The summed E-state index contributed by atoms with van der Waals surface area (Å²) in [5, 5.41) is 17.4. The van der Waals surface area contributed by atoms with E-state index >= 15 is 0 Å². The quantitative estimate of drug-likeness (QED) is 0.116. The number of nitriles is 1. The highest BCUT2D eigenvalue weighted by Crippen LogP contribution is 2.50. The second-order valence-electron chi connectivity index (χ2n) is 10.6. The maximum Gasteiger partial charge on any atom is 0.459 e. The molecule has 19 heteroatoms. The van der Waals surface area contributed by atoms with Crippen LogP contribution >= 0.6 is 7.75 Å². The van der Waals surface area contributed by atoms with Crippen molar-refractivity contribution < 1.29 is 56.4 Å². The lowest BCUT2D eigenvalue weighted by molar-refractivity contribution is -0.170. The van der Waals surface area contributed by atoms with Gasteiger partial charge in [-0.15, -0.1) is 0 Å². The van der Waals surface area contributed by atoms with Gasteiger partial charge in [-0.05, 0) is 31.2 Å². The molecule has 4 rings (SSSR count). The summed E-state index contributed by atoms with van der Waals surface area (Å²) in [5.74, 6) is -2.18. The number of nitrogens with two attached hydrogens (primary N) is 1. The van der Waals surface area contributed by atoms with Crippen molar-refractivity contribution in [2.45, 2.75) is 49.7 Å². The van der Waals surface area contributed by atoms with E-state index in [1.165, 1.54) is 44.1 Å². The van der Waals surface area contributed by atoms with Gasteiger partial charge in [0.15, 0.2) is 18.0 Å². The van der Waals surface area contributed by atoms with Crippen LogP contribution in [-0.4, -0.2) is 97.5 Å². The Hall–Kier alpha value is -4.63. The van der Waals surface area contributed by atoms with Crippen LogP contribution in [0.15, 0.2) is 48.8 Å². The molecule has 1 aliphatic heterocycles. The van der Waals surface area contributed by atoms with Crippen LogP contribution < -0.4 is 15.3 Å². The van der Waals surface area contributed by atoms with Crippen LogP contribution in [0, 0.1) is 11.3 Å². The maximum absolute atomic E-state index is 14.2. The molecule has 1 saturated heterocycles. The summed E-state index contributed by atoms with van der Waals surface area (Å²) in [4.78, 5) is 42.3. The van der Waals surface area contributed by atoms with Gasteiger partial charge >= 0.3 is 25.7 Å². The average molecular weight is 705 g/mol. The molecule has 0 unspecified atom stereocenters. The largest absolute Gasteiger partial charge is 0.468 e. The molecule has 0 spiro atoms. The predicted molar refractivity (Wildman–Crippen MR) is 168 cm³/mol. The number of nitrogens with zero attached hydrogens (tertiary/aromatic N) is 4. The monoisotopic (exact) mass is 704 g/mol. The van der Waals surface area contributed by atoms with Crippen molar-refractivity contribution in [3.8, 4) is 11.8 Å². The molecule has 3 heterocycles. The van der Waals surface area contributed by atoms with Crippen LogP contribution in [0.25, 0.3) is 5.52 Å². The molecule has 0 amide bonds. The number of methoxy groups -OCH3 is 3. The van der Waals surface area contributed by atoms with Crippen molar-refractivity contribution in [2.75, 3.05) is 46.9 Å². The van der Waals surface area contributed by atoms with Crippen molar-refractivity contribution in [3.63, 3.8) is 0 Å². The van der Waals surface area contributed by atoms with Crippen molar-refractivity contribution in [1.82, 2.24) is 19.7 Å². The van der Waals surface area contributed by atoms with Gasteiger partial charge in [0.1, 0.15) is 42.4 Å². The normalized spacial score (nSPS) is 22.1. The fourth-order valence-corrected chi connectivity index (χ4v) is 6.39. The van der Waals surface area contributed by atoms with Crippen molar-refractivity contribution in [1.29, 1.82) is 5.26 Å². The summed E-state index contributed by atoms with van der Waals surface area (Å²) in [6.07, 6.45) is -3.73. The topological polar surface area (TPSA) is 234 Å². The Morgan fingerprint density at radius 2 is 1.76 bits per heavy atom. The number of ether oxygens (including phenoxy) is 6. The van der Waals surface area contributed by atoms with Crippen molar-refractivity contribution in [2.24, 2.45) is 0 Å². The number of nitrogen functional groups attached to an aromatic ring is 1. The zero-order valence-corrected chi connectivity index (χ0v) is 28.1. The first-order valence-electron chi connectivity index (χ1n) is 14.9. The first kappa shape index (κ1) is 37.2. The third-order valence-electron chi connectivity index (χ3n) is 7.26. The van der Waals surface area contributed by atoms with Gasteiger partial charge < -0.3 is 38.7 Å². The minimum absolute atomic E-state index is 0.00372. The van der Waals surface area contributed by atoms with Gasteiger partial charge in [0.25, 0.3) is 0 Å². The molecule has 0 aliphatic carbocycles. The molecule has 2 aromatic heterocycles. The molecular formula is C30H37N6O12P. The summed E-state index contributed by atoms with van der Waals surface area (Å²) in [5.41, 5.74) is 4.35. The summed E-state index contributed by atoms with van der Waals surface area (Å²) in [7, 11) is -0.626. The van der Waals surface area contributed by atoms with E-state index in [1.807, 2.05) is 6.07 Å². The van der Waals surface area contributed by atoms with E-state index in [1.54, 1.807) is 30.3 Å². The molecule has 1 fully saturated rings. The Bertz CT molecular complexity index is 1700. The summed E-state index contributed by atoms with van der Waals surface area (Å²) in [6.45, 7) is 0.447. The third-order valence-corrected chi connectivity index (χ3v) is 8.88. The Labute approximate surface area is 281 Å². The highest BCUT2D eigenvalue weighted by atomic mass is 31.2. The van der Waals surface area contributed by atoms with Gasteiger partial charge in [0.05, 0.1) is 38.9 Å². The molecule has 49 heavy (non-hydrogen) atoms. The Morgan fingerprint density at radius 1 is 1.08 bits per heavy atom. The number of benzene rings is 1. The predicted octanol–water partition coefficient (Wildman–Crippen LogP) is 1.90. The number of anilines is 1. The molecule has 6 atom stereocenters. The lowest BCUT2D eigenvalue weighted by Crippen LogP contribution is -2.50. The van der Waals surface area contributed by atoms with E-state index in [0.29, 0.717) is 5.52 Å². The van der Waals surface area contributed by atoms with Gasteiger partial charge in [0, 0.05) is 14.2 Å². The second kappa shape index (κ2) is 16.7. The molecule has 0 radical (unpaired) electrons. The number of nitrogens with one attached hydrogen (secondary N) is 1. The number of para-hydroxylation sites is 1. The lowest BCUT2D eigenvalue weighted by Gasteiger charge is -2.30. The van der Waals surface area contributed by atoms with Crippen LogP contribution in [0.4, 0.5) is 5.82 Å². The number of esters is 3. The molecule has 0 bridgehead atoms. The Balaban J connectivity index is 1.79. The summed E-state index contributed by atoms with van der Waals surface area (Å²) < 4.78 is 59.7. The molecule has 1 aliphatic rings. The standard InChI is InChI=1S/C30H37N6O12P/c1-19(29(39)43-4)35-49(40,48-20-8-6-5-7-9-20)44-17-30(16-31)27(46-24(38)13-15-42-3)26(45-23(37)12-14-41-2)25(47-30)21-10-11-22-28(32)33-18-34-36(21)22/h5-11,18-19,25-27H,12-15,17H2,1-4H3,(H,35,40)(H2,32,33,34)/t19-,25-,26-,27-,30+,49-/m0/s1. The van der Waals surface area contributed by atoms with E-state index in [2.05, 4.69) is 15.2 Å². The molecule has 18 nitrogen and oxygen atoms in total. The maximum atomic E-state index is 14.2. The number of fused-ring (bicyclic) bond motifs is 1. The zero-order chi connectivity index (χ0) is 35.6. The van der Waals surface area contributed by atoms with Crippen LogP contribution in [-0.2, 0) is 51.9 Å². The van der Waals surface area contributed by atoms with Gasteiger partial charge in [0.2, 0.25) is 5.60 Å².